The lowest BCUT2D eigenvalue weighted by atomic mass is 10.1. The third-order valence-corrected chi connectivity index (χ3v) is 4.81. The van der Waals surface area contributed by atoms with Gasteiger partial charge < -0.3 is 31.0 Å². The quantitative estimate of drug-likeness (QED) is 0.442. The lowest BCUT2D eigenvalue weighted by molar-refractivity contribution is -0.137. The fraction of sp³-hybridized carbons (Fsp3) is 0.400. The number of primary amides is 1. The zero-order valence-electron chi connectivity index (χ0n) is 16.5. The van der Waals surface area contributed by atoms with Gasteiger partial charge in [-0.25, -0.2) is 4.98 Å². The molecule has 3 amide bonds. The Bertz CT molecular complexity index is 836. The zero-order valence-corrected chi connectivity index (χ0v) is 16.5. The van der Waals surface area contributed by atoms with Crippen molar-refractivity contribution < 1.29 is 19.1 Å². The number of nitrogens with two attached hydrogens (primary N) is 1. The second-order valence-corrected chi connectivity index (χ2v) is 7.00. The van der Waals surface area contributed by atoms with Crippen molar-refractivity contribution >= 4 is 23.4 Å². The van der Waals surface area contributed by atoms with Gasteiger partial charge in [-0.2, -0.15) is 0 Å². The summed E-state index contributed by atoms with van der Waals surface area (Å²) < 4.78 is 5.28. The number of nitrogens with one attached hydrogen (secondary N) is 3. The van der Waals surface area contributed by atoms with E-state index < -0.39 is 23.9 Å². The summed E-state index contributed by atoms with van der Waals surface area (Å²) in [6, 6.07) is 7.30. The van der Waals surface area contributed by atoms with Crippen molar-refractivity contribution in [1.82, 2.24) is 20.2 Å². The van der Waals surface area contributed by atoms with Gasteiger partial charge in [-0.3, -0.25) is 14.4 Å². The number of para-hydroxylation sites is 1. The highest BCUT2D eigenvalue weighted by atomic mass is 16.5. The molecule has 5 N–H and O–H groups in total. The number of hydrogen-bond acceptors (Lipinski definition) is 6. The van der Waals surface area contributed by atoms with E-state index in [4.69, 9.17) is 10.5 Å². The fourth-order valence-corrected chi connectivity index (χ4v) is 3.17. The number of benzene rings is 1. The van der Waals surface area contributed by atoms with Crippen molar-refractivity contribution in [2.45, 2.75) is 24.9 Å². The molecule has 3 rings (SSSR count). The Morgan fingerprint density at radius 3 is 2.53 bits per heavy atom. The minimum atomic E-state index is -0.934. The van der Waals surface area contributed by atoms with Crippen LogP contribution in [0.1, 0.15) is 12.1 Å². The Morgan fingerprint density at radius 1 is 1.17 bits per heavy atom. The van der Waals surface area contributed by atoms with E-state index in [9.17, 15) is 14.4 Å². The normalized spacial score (nSPS) is 15.8. The van der Waals surface area contributed by atoms with Gasteiger partial charge in [-0.15, -0.1) is 0 Å². The largest absolute Gasteiger partial charge is 0.378 e. The van der Waals surface area contributed by atoms with Crippen LogP contribution in [0.15, 0.2) is 42.9 Å². The molecule has 10 nitrogen and oxygen atoms in total. The van der Waals surface area contributed by atoms with Gasteiger partial charge in [-0.05, 0) is 12.1 Å². The van der Waals surface area contributed by atoms with E-state index in [2.05, 4.69) is 20.6 Å². The van der Waals surface area contributed by atoms with E-state index >= 15 is 0 Å². The molecule has 160 valence electrons. The van der Waals surface area contributed by atoms with Crippen LogP contribution in [-0.2, 0) is 25.5 Å². The highest BCUT2D eigenvalue weighted by molar-refractivity contribution is 5.93. The first-order chi connectivity index (χ1) is 14.5. The van der Waals surface area contributed by atoms with Gasteiger partial charge in [0.15, 0.2) is 0 Å². The maximum Gasteiger partial charge on any atom is 0.243 e. The molecule has 2 aromatic rings. The molecule has 2 heterocycles. The van der Waals surface area contributed by atoms with Crippen molar-refractivity contribution in [2.24, 2.45) is 5.73 Å². The first-order valence-electron chi connectivity index (χ1n) is 9.77. The average molecular weight is 414 g/mol. The number of ether oxygens (including phenoxy) is 1. The highest BCUT2D eigenvalue weighted by Gasteiger charge is 2.29. The van der Waals surface area contributed by atoms with Crippen molar-refractivity contribution in [2.75, 3.05) is 31.6 Å². The number of H-pyrrole nitrogens is 1. The van der Waals surface area contributed by atoms with Crippen LogP contribution in [0.4, 0.5) is 5.69 Å². The topological polar surface area (TPSA) is 142 Å². The van der Waals surface area contributed by atoms with E-state index in [0.717, 1.165) is 0 Å². The minimum Gasteiger partial charge on any atom is -0.378 e. The standard InChI is InChI=1S/C20H26N6O4/c21-19(28)16(10-15-12-22-13-23-15)25-20(29)17(24-14-4-2-1-3-5-14)11-18(27)26-6-8-30-9-7-26/h1-5,12-13,16-17,24H,6-11H2,(H2,21,28)(H,22,23)(H,25,29). The van der Waals surface area contributed by atoms with E-state index in [1.807, 2.05) is 18.2 Å². The smallest absolute Gasteiger partial charge is 0.243 e. The predicted molar refractivity (Wildman–Crippen MR) is 109 cm³/mol. The molecule has 1 aliphatic rings. The molecule has 0 spiro atoms. The fourth-order valence-electron chi connectivity index (χ4n) is 3.17. The summed E-state index contributed by atoms with van der Waals surface area (Å²) in [6.07, 6.45) is 3.16. The summed E-state index contributed by atoms with van der Waals surface area (Å²) in [7, 11) is 0. The SMILES string of the molecule is NC(=O)C(Cc1cnc[nH]1)NC(=O)C(CC(=O)N1CCOCC1)Nc1ccccc1. The van der Waals surface area contributed by atoms with Gasteiger partial charge in [0, 0.05) is 37.1 Å². The molecule has 0 saturated carbocycles. The van der Waals surface area contributed by atoms with Crippen molar-refractivity contribution in [3.8, 4) is 0 Å². The molecule has 30 heavy (non-hydrogen) atoms. The first-order valence-corrected chi connectivity index (χ1v) is 9.77. The molecule has 1 aromatic carbocycles. The molecule has 2 atom stereocenters. The summed E-state index contributed by atoms with van der Waals surface area (Å²) in [6.45, 7) is 1.93. The summed E-state index contributed by atoms with van der Waals surface area (Å²) in [4.78, 5) is 46.1. The Morgan fingerprint density at radius 2 is 1.90 bits per heavy atom. The van der Waals surface area contributed by atoms with E-state index in [-0.39, 0.29) is 18.7 Å². The number of hydrogen-bond donors (Lipinski definition) is 4. The summed E-state index contributed by atoms with van der Waals surface area (Å²) in [5, 5.41) is 5.75. The molecule has 10 heteroatoms. The van der Waals surface area contributed by atoms with Gasteiger partial charge in [0.2, 0.25) is 17.7 Å². The maximum absolute atomic E-state index is 13.0. The summed E-state index contributed by atoms with van der Waals surface area (Å²) in [5.74, 6) is -1.31. The molecule has 0 bridgehead atoms. The van der Waals surface area contributed by atoms with Gasteiger partial charge in [0.25, 0.3) is 0 Å². The average Bonchev–Trinajstić information content (AvgIpc) is 3.27. The van der Waals surface area contributed by atoms with Crippen molar-refractivity contribution in [3.05, 3.63) is 48.5 Å². The van der Waals surface area contributed by atoms with E-state index in [1.54, 1.807) is 23.2 Å². The lowest BCUT2D eigenvalue weighted by Crippen LogP contribution is -2.52. The molecular formula is C20H26N6O4. The van der Waals surface area contributed by atoms with Crippen LogP contribution in [0, 0.1) is 0 Å². The van der Waals surface area contributed by atoms with Gasteiger partial charge in [0.05, 0.1) is 26.0 Å². The molecular weight excluding hydrogens is 388 g/mol. The van der Waals surface area contributed by atoms with Crippen LogP contribution >= 0.6 is 0 Å². The van der Waals surface area contributed by atoms with Crippen LogP contribution in [-0.4, -0.2) is 71.0 Å². The Labute approximate surface area is 174 Å². The number of morpholine rings is 1. The molecule has 1 aliphatic heterocycles. The molecule has 2 unspecified atom stereocenters. The third kappa shape index (κ3) is 6.05. The predicted octanol–water partition coefficient (Wildman–Crippen LogP) is -0.348. The lowest BCUT2D eigenvalue weighted by Gasteiger charge is -2.29. The van der Waals surface area contributed by atoms with Crippen LogP contribution in [0.3, 0.4) is 0 Å². The molecule has 1 aromatic heterocycles. The summed E-state index contributed by atoms with van der Waals surface area (Å²) >= 11 is 0. The Hall–Kier alpha value is -3.40. The number of rotatable bonds is 9. The highest BCUT2D eigenvalue weighted by Crippen LogP contribution is 2.12. The number of aromatic amines is 1. The van der Waals surface area contributed by atoms with Crippen molar-refractivity contribution in [1.29, 1.82) is 0 Å². The molecule has 1 fully saturated rings. The number of aromatic nitrogens is 2. The molecule has 0 radical (unpaired) electrons. The van der Waals surface area contributed by atoms with Crippen LogP contribution in [0.2, 0.25) is 0 Å². The van der Waals surface area contributed by atoms with Crippen LogP contribution < -0.4 is 16.4 Å². The number of imidazole rings is 1. The second-order valence-electron chi connectivity index (χ2n) is 7.00. The first kappa shape index (κ1) is 21.3. The summed E-state index contributed by atoms with van der Waals surface area (Å²) in [5.41, 5.74) is 6.83. The zero-order chi connectivity index (χ0) is 21.3. The van der Waals surface area contributed by atoms with Crippen LogP contribution in [0.5, 0.6) is 0 Å². The number of nitrogens with zero attached hydrogens (tertiary/aromatic N) is 2. The second kappa shape index (κ2) is 10.4. The van der Waals surface area contributed by atoms with Gasteiger partial charge >= 0.3 is 0 Å². The van der Waals surface area contributed by atoms with Gasteiger partial charge in [0.1, 0.15) is 12.1 Å². The molecule has 0 aliphatic carbocycles. The minimum absolute atomic E-state index is 0.0593. The van der Waals surface area contributed by atoms with E-state index in [0.29, 0.717) is 37.7 Å². The third-order valence-electron chi connectivity index (χ3n) is 4.81. The number of carbonyl (C=O) groups excluding carboxylic acids is 3. The number of amides is 3. The Balaban J connectivity index is 1.70. The van der Waals surface area contributed by atoms with Crippen LogP contribution in [0.25, 0.3) is 0 Å². The maximum atomic E-state index is 13.0. The number of carbonyl (C=O) groups is 3. The molecule has 1 saturated heterocycles. The van der Waals surface area contributed by atoms with Gasteiger partial charge in [-0.1, -0.05) is 18.2 Å². The monoisotopic (exact) mass is 414 g/mol. The van der Waals surface area contributed by atoms with E-state index in [1.165, 1.54) is 6.33 Å². The van der Waals surface area contributed by atoms with Crippen molar-refractivity contribution in [3.63, 3.8) is 0 Å². The number of anilines is 1. The Kier molecular flexibility index (Phi) is 7.39.